The van der Waals surface area contributed by atoms with Crippen LogP contribution in [0.3, 0.4) is 0 Å². The molecule has 1 N–H and O–H groups in total. The molecule has 1 fully saturated rings. The van der Waals surface area contributed by atoms with Crippen molar-refractivity contribution in [2.24, 2.45) is 0 Å². The Bertz CT molecular complexity index is 316. The van der Waals surface area contributed by atoms with Crippen LogP contribution in [-0.4, -0.2) is 46.1 Å². The summed E-state index contributed by atoms with van der Waals surface area (Å²) >= 11 is 0. The molecule has 1 saturated heterocycles. The van der Waals surface area contributed by atoms with E-state index in [1.165, 1.54) is 38.9 Å². The first-order valence-electron chi connectivity index (χ1n) is 6.70. The summed E-state index contributed by atoms with van der Waals surface area (Å²) in [4.78, 5) is 2.54. The molecule has 5 nitrogen and oxygen atoms in total. The van der Waals surface area contributed by atoms with Crippen molar-refractivity contribution in [2.45, 2.75) is 39.3 Å². The molecule has 96 valence electrons. The summed E-state index contributed by atoms with van der Waals surface area (Å²) in [5, 5.41) is 11.5. The highest BCUT2D eigenvalue weighted by Gasteiger charge is 2.10. The third kappa shape index (κ3) is 4.09. The van der Waals surface area contributed by atoms with Crippen LogP contribution in [0.15, 0.2) is 6.20 Å². The second-order valence-corrected chi connectivity index (χ2v) is 4.66. The maximum Gasteiger partial charge on any atom is 0.0964 e. The van der Waals surface area contributed by atoms with E-state index < -0.39 is 0 Å². The molecule has 0 atom stereocenters. The van der Waals surface area contributed by atoms with Crippen molar-refractivity contribution in [1.82, 2.24) is 25.2 Å². The lowest BCUT2D eigenvalue weighted by molar-refractivity contribution is 0.321. The molecule has 1 aromatic heterocycles. The molecular weight excluding hydrogens is 214 g/mol. The largest absolute Gasteiger partial charge is 0.311 e. The van der Waals surface area contributed by atoms with Gasteiger partial charge in [-0.2, -0.15) is 0 Å². The molecule has 0 saturated carbocycles. The van der Waals surface area contributed by atoms with Crippen LogP contribution in [0.1, 0.15) is 31.9 Å². The van der Waals surface area contributed by atoms with Gasteiger partial charge in [-0.05, 0) is 45.4 Å². The van der Waals surface area contributed by atoms with E-state index in [9.17, 15) is 0 Å². The average molecular weight is 237 g/mol. The van der Waals surface area contributed by atoms with E-state index in [4.69, 9.17) is 0 Å². The monoisotopic (exact) mass is 237 g/mol. The third-order valence-corrected chi connectivity index (χ3v) is 3.20. The molecule has 0 bridgehead atoms. The summed E-state index contributed by atoms with van der Waals surface area (Å²) < 4.78 is 1.96. The van der Waals surface area contributed by atoms with Gasteiger partial charge in [0.25, 0.3) is 0 Å². The van der Waals surface area contributed by atoms with Crippen molar-refractivity contribution in [3.8, 4) is 0 Å². The molecule has 0 spiro atoms. The van der Waals surface area contributed by atoms with Crippen molar-refractivity contribution >= 4 is 0 Å². The van der Waals surface area contributed by atoms with Crippen LogP contribution >= 0.6 is 0 Å². The average Bonchev–Trinajstić information content (AvgIpc) is 2.98. The molecule has 17 heavy (non-hydrogen) atoms. The predicted octanol–water partition coefficient (Wildman–Crippen LogP) is 0.873. The van der Waals surface area contributed by atoms with Crippen LogP contribution < -0.4 is 5.32 Å². The van der Waals surface area contributed by atoms with Crippen molar-refractivity contribution in [3.05, 3.63) is 11.9 Å². The summed E-state index contributed by atoms with van der Waals surface area (Å²) in [5.74, 6) is 0. The van der Waals surface area contributed by atoms with Gasteiger partial charge in [0.2, 0.25) is 0 Å². The fraction of sp³-hybridized carbons (Fsp3) is 0.833. The van der Waals surface area contributed by atoms with Crippen molar-refractivity contribution in [2.75, 3.05) is 26.2 Å². The number of likely N-dealkylation sites (tertiary alicyclic amines) is 1. The van der Waals surface area contributed by atoms with Gasteiger partial charge in [-0.1, -0.05) is 12.1 Å². The maximum atomic E-state index is 4.14. The van der Waals surface area contributed by atoms with Crippen molar-refractivity contribution < 1.29 is 0 Å². The summed E-state index contributed by atoms with van der Waals surface area (Å²) in [7, 11) is 0. The molecule has 2 rings (SSSR count). The minimum Gasteiger partial charge on any atom is -0.311 e. The van der Waals surface area contributed by atoms with Crippen LogP contribution in [-0.2, 0) is 13.1 Å². The number of rotatable bonds is 7. The summed E-state index contributed by atoms with van der Waals surface area (Å²) in [6, 6.07) is 0. The Labute approximate surface area is 103 Å². The topological polar surface area (TPSA) is 46.0 Å². The van der Waals surface area contributed by atoms with E-state index in [1.54, 1.807) is 0 Å². The van der Waals surface area contributed by atoms with Crippen LogP contribution in [0.5, 0.6) is 0 Å². The number of hydrogen-bond acceptors (Lipinski definition) is 4. The van der Waals surface area contributed by atoms with E-state index in [2.05, 4.69) is 27.5 Å². The molecule has 0 unspecified atom stereocenters. The smallest absolute Gasteiger partial charge is 0.0964 e. The van der Waals surface area contributed by atoms with Gasteiger partial charge in [0.05, 0.1) is 5.69 Å². The minimum absolute atomic E-state index is 0.822. The lowest BCUT2D eigenvalue weighted by Gasteiger charge is -2.13. The van der Waals surface area contributed by atoms with E-state index in [0.29, 0.717) is 0 Å². The molecule has 1 aliphatic heterocycles. The Morgan fingerprint density at radius 2 is 2.12 bits per heavy atom. The van der Waals surface area contributed by atoms with Crippen molar-refractivity contribution in [3.63, 3.8) is 0 Å². The van der Waals surface area contributed by atoms with Crippen LogP contribution in [0.25, 0.3) is 0 Å². The van der Waals surface area contributed by atoms with Gasteiger partial charge in [-0.3, -0.25) is 4.68 Å². The molecule has 0 amide bonds. The lowest BCUT2D eigenvalue weighted by atomic mass is 10.4. The van der Waals surface area contributed by atoms with Gasteiger partial charge in [0.1, 0.15) is 0 Å². The Balaban J connectivity index is 1.65. The Morgan fingerprint density at radius 1 is 1.29 bits per heavy atom. The number of nitrogens with zero attached hydrogens (tertiary/aromatic N) is 4. The number of aromatic nitrogens is 3. The summed E-state index contributed by atoms with van der Waals surface area (Å²) in [6.45, 7) is 8.63. The molecule has 1 aromatic rings. The standard InChI is InChI=1S/C12H23N5/c1-2-13-10-12-11-17(15-14-12)9-5-8-16-6-3-4-7-16/h11,13H,2-10H2,1H3. The van der Waals surface area contributed by atoms with E-state index in [1.807, 2.05) is 10.9 Å². The zero-order valence-corrected chi connectivity index (χ0v) is 10.7. The molecule has 5 heteroatoms. The Kier molecular flexibility index (Phi) is 4.94. The Hall–Kier alpha value is -0.940. The maximum absolute atomic E-state index is 4.14. The predicted molar refractivity (Wildman–Crippen MR) is 67.7 cm³/mol. The summed E-state index contributed by atoms with van der Waals surface area (Å²) in [6.07, 6.45) is 5.96. The number of nitrogens with one attached hydrogen (secondary N) is 1. The first-order valence-corrected chi connectivity index (χ1v) is 6.70. The number of hydrogen-bond donors (Lipinski definition) is 1. The zero-order valence-electron chi connectivity index (χ0n) is 10.7. The molecule has 2 heterocycles. The summed E-state index contributed by atoms with van der Waals surface area (Å²) in [5.41, 5.74) is 1.04. The van der Waals surface area contributed by atoms with Gasteiger partial charge in [0.15, 0.2) is 0 Å². The highest BCUT2D eigenvalue weighted by atomic mass is 15.4. The Morgan fingerprint density at radius 3 is 2.88 bits per heavy atom. The SMILES string of the molecule is CCNCc1cn(CCCN2CCCC2)nn1. The van der Waals surface area contributed by atoms with Gasteiger partial charge in [0, 0.05) is 19.3 Å². The molecular formula is C12H23N5. The second-order valence-electron chi connectivity index (χ2n) is 4.66. The van der Waals surface area contributed by atoms with Gasteiger partial charge < -0.3 is 10.2 Å². The fourth-order valence-electron chi connectivity index (χ4n) is 2.24. The van der Waals surface area contributed by atoms with Gasteiger partial charge in [-0.15, -0.1) is 5.10 Å². The minimum atomic E-state index is 0.822. The molecule has 0 aliphatic carbocycles. The zero-order chi connectivity index (χ0) is 11.9. The lowest BCUT2D eigenvalue weighted by Crippen LogP contribution is -2.21. The quantitative estimate of drug-likeness (QED) is 0.764. The highest BCUT2D eigenvalue weighted by Crippen LogP contribution is 2.07. The molecule has 0 aromatic carbocycles. The van der Waals surface area contributed by atoms with Crippen LogP contribution in [0, 0.1) is 0 Å². The van der Waals surface area contributed by atoms with E-state index >= 15 is 0 Å². The van der Waals surface area contributed by atoms with Crippen LogP contribution in [0.2, 0.25) is 0 Å². The highest BCUT2D eigenvalue weighted by molar-refractivity contribution is 4.91. The van der Waals surface area contributed by atoms with Crippen LogP contribution in [0.4, 0.5) is 0 Å². The van der Waals surface area contributed by atoms with E-state index in [0.717, 1.165) is 25.3 Å². The molecule has 0 radical (unpaired) electrons. The van der Waals surface area contributed by atoms with Gasteiger partial charge in [-0.25, -0.2) is 0 Å². The first-order chi connectivity index (χ1) is 8.38. The normalized spacial score (nSPS) is 16.8. The molecule has 1 aliphatic rings. The van der Waals surface area contributed by atoms with E-state index in [-0.39, 0.29) is 0 Å². The second kappa shape index (κ2) is 6.71. The first kappa shape index (κ1) is 12.5. The van der Waals surface area contributed by atoms with Crippen molar-refractivity contribution in [1.29, 1.82) is 0 Å². The third-order valence-electron chi connectivity index (χ3n) is 3.20. The fourth-order valence-corrected chi connectivity index (χ4v) is 2.24. The number of aryl methyl sites for hydroxylation is 1. The van der Waals surface area contributed by atoms with Gasteiger partial charge >= 0.3 is 0 Å².